The lowest BCUT2D eigenvalue weighted by Crippen LogP contribution is -1.89. The second kappa shape index (κ2) is 4.39. The van der Waals surface area contributed by atoms with E-state index < -0.39 is 0 Å². The minimum absolute atomic E-state index is 0.573. The zero-order chi connectivity index (χ0) is 10.8. The molecule has 0 bridgehead atoms. The van der Waals surface area contributed by atoms with Crippen LogP contribution in [0, 0.1) is 3.57 Å². The van der Waals surface area contributed by atoms with Gasteiger partial charge in [-0.25, -0.2) is 0 Å². The standard InChI is InChI=1S/C13H13IO/c1-9(2)10-5-6-11(12(14)8-10)13-4-3-7-15-13/h3-9H,1-2H3. The minimum atomic E-state index is 0.573. The van der Waals surface area contributed by atoms with Crippen LogP contribution in [0.4, 0.5) is 0 Å². The highest BCUT2D eigenvalue weighted by molar-refractivity contribution is 14.1. The molecule has 0 radical (unpaired) electrons. The van der Waals surface area contributed by atoms with Gasteiger partial charge in [-0.3, -0.25) is 0 Å². The van der Waals surface area contributed by atoms with Crippen LogP contribution < -0.4 is 0 Å². The van der Waals surface area contributed by atoms with Crippen LogP contribution in [0.25, 0.3) is 11.3 Å². The van der Waals surface area contributed by atoms with Gasteiger partial charge in [0, 0.05) is 9.13 Å². The van der Waals surface area contributed by atoms with E-state index in [0.717, 1.165) is 5.76 Å². The third kappa shape index (κ3) is 2.25. The number of furan rings is 1. The van der Waals surface area contributed by atoms with E-state index in [0.29, 0.717) is 5.92 Å². The van der Waals surface area contributed by atoms with Crippen LogP contribution in [0.5, 0.6) is 0 Å². The maximum atomic E-state index is 5.40. The molecule has 1 nitrogen and oxygen atoms in total. The topological polar surface area (TPSA) is 13.1 Å². The molecular weight excluding hydrogens is 299 g/mol. The number of halogens is 1. The molecule has 0 aliphatic heterocycles. The summed E-state index contributed by atoms with van der Waals surface area (Å²) in [6.07, 6.45) is 1.71. The van der Waals surface area contributed by atoms with Crippen molar-refractivity contribution in [2.75, 3.05) is 0 Å². The molecule has 0 aliphatic carbocycles. The molecule has 0 amide bonds. The molecule has 1 heterocycles. The van der Waals surface area contributed by atoms with Crippen LogP contribution in [-0.4, -0.2) is 0 Å². The quantitative estimate of drug-likeness (QED) is 0.734. The summed E-state index contributed by atoms with van der Waals surface area (Å²) in [7, 11) is 0. The molecule has 0 unspecified atom stereocenters. The van der Waals surface area contributed by atoms with E-state index in [1.54, 1.807) is 6.26 Å². The summed E-state index contributed by atoms with van der Waals surface area (Å²) >= 11 is 2.36. The summed E-state index contributed by atoms with van der Waals surface area (Å²) in [6.45, 7) is 4.41. The highest BCUT2D eigenvalue weighted by Crippen LogP contribution is 2.28. The van der Waals surface area contributed by atoms with Crippen LogP contribution in [0.2, 0.25) is 0 Å². The van der Waals surface area contributed by atoms with Gasteiger partial charge in [-0.15, -0.1) is 0 Å². The lowest BCUT2D eigenvalue weighted by molar-refractivity contribution is 0.582. The molecule has 0 saturated carbocycles. The first-order chi connectivity index (χ1) is 7.18. The van der Waals surface area contributed by atoms with Crippen LogP contribution in [0.15, 0.2) is 41.0 Å². The van der Waals surface area contributed by atoms with Gasteiger partial charge < -0.3 is 4.42 Å². The smallest absolute Gasteiger partial charge is 0.134 e. The van der Waals surface area contributed by atoms with Gasteiger partial charge in [0.25, 0.3) is 0 Å². The Morgan fingerprint density at radius 3 is 2.53 bits per heavy atom. The maximum Gasteiger partial charge on any atom is 0.134 e. The molecule has 78 valence electrons. The summed E-state index contributed by atoms with van der Waals surface area (Å²) in [6, 6.07) is 10.4. The highest BCUT2D eigenvalue weighted by atomic mass is 127. The second-order valence-electron chi connectivity index (χ2n) is 3.87. The first-order valence-corrected chi connectivity index (χ1v) is 6.09. The van der Waals surface area contributed by atoms with Gasteiger partial charge in [0.15, 0.2) is 0 Å². The van der Waals surface area contributed by atoms with E-state index in [1.807, 2.05) is 12.1 Å². The normalized spacial score (nSPS) is 10.9. The van der Waals surface area contributed by atoms with Crippen molar-refractivity contribution in [1.29, 1.82) is 0 Å². The van der Waals surface area contributed by atoms with Crippen molar-refractivity contribution in [1.82, 2.24) is 0 Å². The lowest BCUT2D eigenvalue weighted by Gasteiger charge is -2.08. The monoisotopic (exact) mass is 312 g/mol. The average molecular weight is 312 g/mol. The molecule has 0 N–H and O–H groups in total. The Labute approximate surface area is 104 Å². The van der Waals surface area contributed by atoms with Crippen molar-refractivity contribution < 1.29 is 4.42 Å². The van der Waals surface area contributed by atoms with Crippen molar-refractivity contribution in [3.05, 3.63) is 45.7 Å². The lowest BCUT2D eigenvalue weighted by atomic mass is 10.0. The Balaban J connectivity index is 2.44. The van der Waals surface area contributed by atoms with Gasteiger partial charge in [0.05, 0.1) is 6.26 Å². The zero-order valence-corrected chi connectivity index (χ0v) is 11.0. The first-order valence-electron chi connectivity index (χ1n) is 5.02. The fourth-order valence-corrected chi connectivity index (χ4v) is 2.33. The average Bonchev–Trinajstić information content (AvgIpc) is 2.70. The molecule has 1 aromatic heterocycles. The molecule has 1 aromatic carbocycles. The molecule has 0 fully saturated rings. The van der Waals surface area contributed by atoms with E-state index >= 15 is 0 Å². The molecule has 0 saturated heterocycles. The maximum absolute atomic E-state index is 5.40. The fourth-order valence-electron chi connectivity index (χ4n) is 1.52. The number of hydrogen-bond acceptors (Lipinski definition) is 1. The van der Waals surface area contributed by atoms with Gasteiger partial charge in [-0.05, 0) is 58.3 Å². The van der Waals surface area contributed by atoms with Gasteiger partial charge in [0.1, 0.15) is 5.76 Å². The van der Waals surface area contributed by atoms with Crippen molar-refractivity contribution in [2.45, 2.75) is 19.8 Å². The molecule has 0 aliphatic rings. The fraction of sp³-hybridized carbons (Fsp3) is 0.231. The Bertz CT molecular complexity index is 444. The summed E-state index contributed by atoms with van der Waals surface area (Å²) in [5, 5.41) is 0. The molecule has 15 heavy (non-hydrogen) atoms. The molecule has 0 spiro atoms. The highest BCUT2D eigenvalue weighted by Gasteiger charge is 2.07. The van der Waals surface area contributed by atoms with Gasteiger partial charge in [0.2, 0.25) is 0 Å². The van der Waals surface area contributed by atoms with Gasteiger partial charge in [-0.2, -0.15) is 0 Å². The van der Waals surface area contributed by atoms with E-state index in [9.17, 15) is 0 Å². The zero-order valence-electron chi connectivity index (χ0n) is 8.83. The van der Waals surface area contributed by atoms with Crippen LogP contribution in [0.1, 0.15) is 25.3 Å². The summed E-state index contributed by atoms with van der Waals surface area (Å²) < 4.78 is 6.64. The number of benzene rings is 1. The van der Waals surface area contributed by atoms with Gasteiger partial charge in [-0.1, -0.05) is 19.9 Å². The molecule has 0 atom stereocenters. The summed E-state index contributed by atoms with van der Waals surface area (Å²) in [4.78, 5) is 0. The van der Waals surface area contributed by atoms with E-state index in [1.165, 1.54) is 14.7 Å². The number of hydrogen-bond donors (Lipinski definition) is 0. The van der Waals surface area contributed by atoms with E-state index in [2.05, 4.69) is 54.6 Å². The Morgan fingerprint density at radius 1 is 1.20 bits per heavy atom. The second-order valence-corrected chi connectivity index (χ2v) is 5.03. The molecular formula is C13H13IO. The molecule has 2 rings (SSSR count). The van der Waals surface area contributed by atoms with Crippen molar-refractivity contribution in [2.24, 2.45) is 0 Å². The van der Waals surface area contributed by atoms with Crippen LogP contribution >= 0.6 is 22.6 Å². The third-order valence-corrected chi connectivity index (χ3v) is 3.34. The van der Waals surface area contributed by atoms with Gasteiger partial charge >= 0.3 is 0 Å². The Hall–Kier alpha value is -0.770. The van der Waals surface area contributed by atoms with Crippen molar-refractivity contribution in [3.63, 3.8) is 0 Å². The summed E-state index contributed by atoms with van der Waals surface area (Å²) in [5.41, 5.74) is 2.54. The molecule has 2 aromatic rings. The number of rotatable bonds is 2. The SMILES string of the molecule is CC(C)c1ccc(-c2ccco2)c(I)c1. The first kappa shape index (κ1) is 10.7. The summed E-state index contributed by atoms with van der Waals surface area (Å²) in [5.74, 6) is 1.51. The van der Waals surface area contributed by atoms with Crippen LogP contribution in [0.3, 0.4) is 0 Å². The van der Waals surface area contributed by atoms with Crippen molar-refractivity contribution in [3.8, 4) is 11.3 Å². The largest absolute Gasteiger partial charge is 0.464 e. The predicted octanol–water partition coefficient (Wildman–Crippen LogP) is 4.67. The Morgan fingerprint density at radius 2 is 2.00 bits per heavy atom. The molecule has 2 heteroatoms. The Kier molecular flexibility index (Phi) is 3.14. The minimum Gasteiger partial charge on any atom is -0.464 e. The van der Waals surface area contributed by atoms with Crippen LogP contribution in [-0.2, 0) is 0 Å². The third-order valence-electron chi connectivity index (χ3n) is 2.45. The predicted molar refractivity (Wildman–Crippen MR) is 71.0 cm³/mol. The van der Waals surface area contributed by atoms with E-state index in [-0.39, 0.29) is 0 Å². The van der Waals surface area contributed by atoms with E-state index in [4.69, 9.17) is 4.42 Å². The van der Waals surface area contributed by atoms with Crippen molar-refractivity contribution >= 4 is 22.6 Å².